The van der Waals surface area contributed by atoms with Crippen LogP contribution in [0.1, 0.15) is 23.8 Å². The summed E-state index contributed by atoms with van der Waals surface area (Å²) in [7, 11) is 0. The molecule has 3 heterocycles. The highest BCUT2D eigenvalue weighted by Gasteiger charge is 2.28. The Balaban J connectivity index is 1.29. The predicted molar refractivity (Wildman–Crippen MR) is 106 cm³/mol. The third-order valence-corrected chi connectivity index (χ3v) is 5.47. The van der Waals surface area contributed by atoms with Crippen LogP contribution in [0, 0.1) is 0 Å². The van der Waals surface area contributed by atoms with Crippen LogP contribution in [0.3, 0.4) is 0 Å². The molecule has 5 rings (SSSR count). The highest BCUT2D eigenvalue weighted by Crippen LogP contribution is 2.30. The number of rotatable bonds is 4. The molecule has 1 atom stereocenters. The lowest BCUT2D eigenvalue weighted by atomic mass is 10.1. The molecule has 6 heteroatoms. The lowest BCUT2D eigenvalue weighted by Gasteiger charge is -2.14. The van der Waals surface area contributed by atoms with Crippen LogP contribution < -0.4 is 0 Å². The quantitative estimate of drug-likeness (QED) is 0.551. The molecule has 0 aliphatic carbocycles. The molecule has 5 nitrogen and oxygen atoms in total. The minimum Gasteiger partial charge on any atom is -0.420 e. The Hall–Kier alpha value is -2.63. The number of fused-ring (bicyclic) bond motifs is 1. The molecular weight excluding hydrogens is 360 g/mol. The zero-order valence-electron chi connectivity index (χ0n) is 14.7. The molecule has 1 aliphatic heterocycles. The fourth-order valence-electron chi connectivity index (χ4n) is 3.79. The van der Waals surface area contributed by atoms with Crippen LogP contribution in [-0.2, 0) is 6.54 Å². The van der Waals surface area contributed by atoms with E-state index < -0.39 is 0 Å². The van der Waals surface area contributed by atoms with Gasteiger partial charge in [-0.15, -0.1) is 10.2 Å². The molecule has 136 valence electrons. The summed E-state index contributed by atoms with van der Waals surface area (Å²) < 4.78 is 5.95. The Morgan fingerprint density at radius 2 is 1.96 bits per heavy atom. The lowest BCUT2D eigenvalue weighted by Crippen LogP contribution is -2.19. The number of halogens is 1. The van der Waals surface area contributed by atoms with Crippen LogP contribution in [0.4, 0.5) is 0 Å². The second kappa shape index (κ2) is 6.83. The van der Waals surface area contributed by atoms with Gasteiger partial charge in [-0.3, -0.25) is 4.90 Å². The van der Waals surface area contributed by atoms with Crippen LogP contribution in [0.5, 0.6) is 0 Å². The summed E-state index contributed by atoms with van der Waals surface area (Å²) in [5.41, 5.74) is 3.41. The molecule has 1 saturated heterocycles. The van der Waals surface area contributed by atoms with Gasteiger partial charge in [-0.25, -0.2) is 0 Å². The number of para-hydroxylation sites is 1. The normalized spacial score (nSPS) is 17.7. The van der Waals surface area contributed by atoms with Gasteiger partial charge in [0.25, 0.3) is 0 Å². The van der Waals surface area contributed by atoms with E-state index in [0.717, 1.165) is 37.5 Å². The Labute approximate surface area is 162 Å². The van der Waals surface area contributed by atoms with E-state index in [2.05, 4.69) is 50.5 Å². The Morgan fingerprint density at radius 3 is 2.85 bits per heavy atom. The number of aromatic nitrogens is 3. The van der Waals surface area contributed by atoms with E-state index in [1.165, 1.54) is 16.5 Å². The largest absolute Gasteiger partial charge is 0.420 e. The molecule has 0 bridgehead atoms. The molecule has 2 aromatic heterocycles. The van der Waals surface area contributed by atoms with Crippen molar-refractivity contribution >= 4 is 22.5 Å². The predicted octanol–water partition coefficient (Wildman–Crippen LogP) is 4.86. The van der Waals surface area contributed by atoms with Crippen molar-refractivity contribution in [1.82, 2.24) is 20.1 Å². The number of hydrogen-bond donors (Lipinski definition) is 1. The first kappa shape index (κ1) is 16.5. The van der Waals surface area contributed by atoms with Crippen molar-refractivity contribution in [2.75, 3.05) is 13.1 Å². The molecule has 0 radical (unpaired) electrons. The van der Waals surface area contributed by atoms with Crippen molar-refractivity contribution in [2.45, 2.75) is 18.9 Å². The molecule has 1 aliphatic rings. The minimum atomic E-state index is 0.281. The number of benzene rings is 2. The fraction of sp³-hybridized carbons (Fsp3) is 0.238. The Kier molecular flexibility index (Phi) is 4.19. The maximum atomic E-state index is 5.95. The van der Waals surface area contributed by atoms with Crippen LogP contribution in [-0.4, -0.2) is 33.2 Å². The zero-order valence-corrected chi connectivity index (χ0v) is 15.5. The van der Waals surface area contributed by atoms with Crippen LogP contribution in [0.2, 0.25) is 5.02 Å². The Morgan fingerprint density at radius 1 is 1.11 bits per heavy atom. The van der Waals surface area contributed by atoms with E-state index in [0.29, 0.717) is 10.9 Å². The van der Waals surface area contributed by atoms with Gasteiger partial charge in [-0.2, -0.15) is 0 Å². The highest BCUT2D eigenvalue weighted by molar-refractivity contribution is 6.30. The molecule has 1 N–H and O–H groups in total. The first-order valence-corrected chi connectivity index (χ1v) is 9.51. The van der Waals surface area contributed by atoms with E-state index in [1.807, 2.05) is 24.3 Å². The van der Waals surface area contributed by atoms with Gasteiger partial charge in [0.15, 0.2) is 0 Å². The Bertz CT molecular complexity index is 1070. The first-order chi connectivity index (χ1) is 13.3. The van der Waals surface area contributed by atoms with Crippen LogP contribution >= 0.6 is 11.6 Å². The van der Waals surface area contributed by atoms with Gasteiger partial charge < -0.3 is 9.40 Å². The van der Waals surface area contributed by atoms with Gasteiger partial charge in [0.2, 0.25) is 11.8 Å². The summed E-state index contributed by atoms with van der Waals surface area (Å²) >= 11 is 5.94. The van der Waals surface area contributed by atoms with Crippen molar-refractivity contribution in [3.8, 4) is 11.5 Å². The first-order valence-electron chi connectivity index (χ1n) is 9.13. The number of nitrogens with one attached hydrogen (secondary N) is 1. The van der Waals surface area contributed by atoms with Crippen molar-refractivity contribution in [2.24, 2.45) is 0 Å². The second-order valence-corrected chi connectivity index (χ2v) is 7.47. The van der Waals surface area contributed by atoms with Gasteiger partial charge in [0.1, 0.15) is 0 Å². The van der Waals surface area contributed by atoms with Crippen LogP contribution in [0.15, 0.2) is 59.1 Å². The third kappa shape index (κ3) is 3.24. The SMILES string of the molecule is Clc1ccc(-c2nnc([C@H]3CCN(Cc4c[nH]c5ccccc45)C3)o2)cc1. The molecule has 1 fully saturated rings. The number of likely N-dealkylation sites (tertiary alicyclic amines) is 1. The summed E-state index contributed by atoms with van der Waals surface area (Å²) in [5, 5.41) is 10.5. The summed E-state index contributed by atoms with van der Waals surface area (Å²) in [5.74, 6) is 1.56. The number of H-pyrrole nitrogens is 1. The smallest absolute Gasteiger partial charge is 0.247 e. The monoisotopic (exact) mass is 378 g/mol. The van der Waals surface area contributed by atoms with Gasteiger partial charge in [0.05, 0.1) is 5.92 Å². The van der Waals surface area contributed by atoms with Gasteiger partial charge >= 0.3 is 0 Å². The maximum absolute atomic E-state index is 5.95. The summed E-state index contributed by atoms with van der Waals surface area (Å²) in [6.45, 7) is 2.89. The van der Waals surface area contributed by atoms with Crippen molar-refractivity contribution in [3.05, 3.63) is 71.2 Å². The van der Waals surface area contributed by atoms with Gasteiger partial charge in [-0.1, -0.05) is 29.8 Å². The molecule has 0 saturated carbocycles. The molecule has 0 amide bonds. The third-order valence-electron chi connectivity index (χ3n) is 5.22. The molecule has 4 aromatic rings. The summed E-state index contributed by atoms with van der Waals surface area (Å²) in [6, 6.07) is 15.9. The van der Waals surface area contributed by atoms with Crippen molar-refractivity contribution < 1.29 is 4.42 Å². The van der Waals surface area contributed by atoms with E-state index in [1.54, 1.807) is 0 Å². The number of aromatic amines is 1. The average Bonchev–Trinajstić information content (AvgIpc) is 3.43. The van der Waals surface area contributed by atoms with Crippen LogP contribution in [0.25, 0.3) is 22.4 Å². The molecule has 0 unspecified atom stereocenters. The number of hydrogen-bond acceptors (Lipinski definition) is 4. The molecule has 0 spiro atoms. The van der Waals surface area contributed by atoms with Gasteiger partial charge in [-0.05, 0) is 48.9 Å². The molecule has 27 heavy (non-hydrogen) atoms. The zero-order chi connectivity index (χ0) is 18.2. The van der Waals surface area contributed by atoms with E-state index >= 15 is 0 Å². The molecular formula is C21H19ClN4O. The lowest BCUT2D eigenvalue weighted by molar-refractivity contribution is 0.321. The summed E-state index contributed by atoms with van der Waals surface area (Å²) in [6.07, 6.45) is 3.15. The standard InChI is InChI=1S/C21H19ClN4O/c22-17-7-5-14(6-8-17)20-24-25-21(27-20)15-9-10-26(12-15)13-16-11-23-19-4-2-1-3-18(16)19/h1-8,11,15,23H,9-10,12-13H2/t15-/m0/s1. The topological polar surface area (TPSA) is 58.0 Å². The van der Waals surface area contributed by atoms with Gasteiger partial charge in [0, 0.05) is 40.8 Å². The minimum absolute atomic E-state index is 0.281. The van der Waals surface area contributed by atoms with Crippen molar-refractivity contribution in [3.63, 3.8) is 0 Å². The maximum Gasteiger partial charge on any atom is 0.247 e. The second-order valence-electron chi connectivity index (χ2n) is 7.03. The van der Waals surface area contributed by atoms with E-state index in [4.69, 9.17) is 16.0 Å². The average molecular weight is 379 g/mol. The summed E-state index contributed by atoms with van der Waals surface area (Å²) in [4.78, 5) is 5.80. The van der Waals surface area contributed by atoms with Crippen molar-refractivity contribution in [1.29, 1.82) is 0 Å². The fourth-order valence-corrected chi connectivity index (χ4v) is 3.92. The van der Waals surface area contributed by atoms with E-state index in [9.17, 15) is 0 Å². The van der Waals surface area contributed by atoms with E-state index in [-0.39, 0.29) is 5.92 Å². The molecule has 2 aromatic carbocycles. The highest BCUT2D eigenvalue weighted by atomic mass is 35.5. The number of nitrogens with zero attached hydrogens (tertiary/aromatic N) is 3.